The lowest BCUT2D eigenvalue weighted by atomic mass is 9.63. The summed E-state index contributed by atoms with van der Waals surface area (Å²) in [5, 5.41) is 69.9. The Kier molecular flexibility index (Phi) is 36.6. The summed E-state index contributed by atoms with van der Waals surface area (Å²) in [6.07, 6.45) is 7.32. The Bertz CT molecular complexity index is 4170. The maximum atomic E-state index is 9.67. The standard InChI is InChI=1S/C18H16BClO2.C12H18BBrN2O.C12H17BBrNO.C11H15BBrNO2.C11H15BClNO.C9H10BBrO2.C7H9BO/c1-19(21)14-8-6-13(7-9-14)12-22-18-11-10-17(20)15-4-2-3-5-16(15)18;1-13(17)10-7-11(14)9-12(8-10)16-5-3-15(2)4-6-16;1-13(16)10-7-11(14)9-12(8-10)15-5-3-2-4-6-15;1-12(15)9-6-10(13)8-11(7-9)14-2-4-16-5-3-14;1-12(15)9-6-10(13)8-11(7-9)14-4-2-3-5-14;1-10(12)8-5-7(11)4-6-2-3-13-9(6)8;1-8(9)7-5-3-2-4-6-7/h2-11,21H,12H2,1H3;7-9,17H,3-6H2,1-2H3;7-9,16H,2-6H2,1H3;6-8,15H,2-5H2,1H3;6-8,15H,2-5H2,1H3;4-5,12H,2-3H2,1H3;2-6,9H,1H3. The Labute approximate surface area is 687 Å². The molecule has 9 aromatic rings. The van der Waals surface area contributed by atoms with Crippen LogP contribution in [0.4, 0.5) is 22.7 Å². The third-order valence-corrected chi connectivity index (χ3v) is 21.6. The van der Waals surface area contributed by atoms with Crippen molar-refractivity contribution < 1.29 is 49.4 Å². The van der Waals surface area contributed by atoms with Crippen molar-refractivity contribution >= 4 is 207 Å². The molecule has 28 heteroatoms. The van der Waals surface area contributed by atoms with E-state index in [0.717, 1.165) is 192 Å². The highest BCUT2D eigenvalue weighted by atomic mass is 79.9. The van der Waals surface area contributed by atoms with Gasteiger partial charge < -0.3 is 73.9 Å². The van der Waals surface area contributed by atoms with Crippen molar-refractivity contribution in [3.05, 3.63) is 215 Å². The van der Waals surface area contributed by atoms with Gasteiger partial charge in [0.05, 0.1) is 19.8 Å². The van der Waals surface area contributed by atoms with Crippen LogP contribution in [-0.2, 0) is 17.8 Å². The van der Waals surface area contributed by atoms with Crippen LogP contribution in [-0.4, -0.2) is 181 Å². The highest BCUT2D eigenvalue weighted by molar-refractivity contribution is 9.11. The first-order chi connectivity index (χ1) is 51.7. The Balaban J connectivity index is 0.000000161. The molecular formula is C80H100B7Br4Cl2N5O10. The molecule has 5 aliphatic rings. The molecule has 0 unspecified atom stereocenters. The van der Waals surface area contributed by atoms with E-state index in [0.29, 0.717) is 11.6 Å². The van der Waals surface area contributed by atoms with E-state index in [9.17, 15) is 30.1 Å². The molecule has 0 bridgehead atoms. The van der Waals surface area contributed by atoms with Crippen molar-refractivity contribution in [2.75, 3.05) is 112 Å². The fraction of sp³-hybridized carbons (Fsp3) is 0.350. The smallest absolute Gasteiger partial charge is 0.324 e. The van der Waals surface area contributed by atoms with Crippen LogP contribution in [0.3, 0.4) is 0 Å². The largest absolute Gasteiger partial charge is 0.493 e. The fourth-order valence-corrected chi connectivity index (χ4v) is 15.3. The van der Waals surface area contributed by atoms with E-state index in [1.54, 1.807) is 40.9 Å². The summed E-state index contributed by atoms with van der Waals surface area (Å²) >= 11 is 26.2. The normalized spacial score (nSPS) is 14.3. The summed E-state index contributed by atoms with van der Waals surface area (Å²) < 4.78 is 20.8. The fourth-order valence-electron chi connectivity index (χ4n) is 12.8. The molecule has 5 heterocycles. The quantitative estimate of drug-likeness (QED) is 0.0510. The van der Waals surface area contributed by atoms with Gasteiger partial charge in [-0.05, 0) is 167 Å². The molecule has 15 nitrogen and oxygen atoms in total. The Hall–Kier alpha value is -5.37. The van der Waals surface area contributed by atoms with Gasteiger partial charge in [0.25, 0.3) is 0 Å². The maximum Gasteiger partial charge on any atom is 0.324 e. The zero-order valence-corrected chi connectivity index (χ0v) is 71.1. The van der Waals surface area contributed by atoms with Crippen molar-refractivity contribution in [2.45, 2.75) is 92.9 Å². The lowest BCUT2D eigenvalue weighted by Gasteiger charge is -2.34. The molecule has 0 atom stereocenters. The van der Waals surface area contributed by atoms with Crippen LogP contribution in [0.25, 0.3) is 10.8 Å². The summed E-state index contributed by atoms with van der Waals surface area (Å²) in [5.74, 6) is 1.69. The number of morpholine rings is 1. The highest BCUT2D eigenvalue weighted by Crippen LogP contribution is 2.33. The molecule has 7 N–H and O–H groups in total. The van der Waals surface area contributed by atoms with Gasteiger partial charge in [-0.3, -0.25) is 0 Å². The number of anilines is 4. The highest BCUT2D eigenvalue weighted by Gasteiger charge is 2.24. The minimum absolute atomic E-state index is 0.341. The van der Waals surface area contributed by atoms with Gasteiger partial charge in [0.1, 0.15) is 18.1 Å². The third kappa shape index (κ3) is 28.1. The average Bonchev–Trinajstić information content (AvgIpc) is 1.46. The van der Waals surface area contributed by atoms with Gasteiger partial charge >= 0.3 is 48.4 Å². The van der Waals surface area contributed by atoms with E-state index in [1.165, 1.54) is 49.0 Å². The number of hydrogen-bond donors (Lipinski definition) is 7. The van der Waals surface area contributed by atoms with Crippen molar-refractivity contribution in [2.24, 2.45) is 0 Å². The Morgan fingerprint density at radius 3 is 1.28 bits per heavy atom. The van der Waals surface area contributed by atoms with Gasteiger partial charge in [0, 0.05) is 133 Å². The summed E-state index contributed by atoms with van der Waals surface area (Å²) in [6, 6.07) is 57.3. The maximum absolute atomic E-state index is 9.67. The lowest BCUT2D eigenvalue weighted by molar-refractivity contribution is 0.122. The second kappa shape index (κ2) is 44.8. The topological polar surface area (TPSA) is 186 Å². The summed E-state index contributed by atoms with van der Waals surface area (Å²) in [4.78, 5) is 11.7. The summed E-state index contributed by atoms with van der Waals surface area (Å²) in [5.41, 5.74) is 13.5. The summed E-state index contributed by atoms with van der Waals surface area (Å²) in [6.45, 7) is 22.8. The van der Waals surface area contributed by atoms with E-state index >= 15 is 0 Å². The number of likely N-dealkylation sites (N-methyl/N-ethyl adjacent to an activating group) is 1. The van der Waals surface area contributed by atoms with Crippen LogP contribution in [0, 0.1) is 0 Å². The van der Waals surface area contributed by atoms with Gasteiger partial charge in [-0.1, -0.05) is 232 Å². The average molecular weight is 1760 g/mol. The van der Waals surface area contributed by atoms with Crippen LogP contribution in [0.15, 0.2) is 194 Å². The molecule has 14 rings (SSSR count). The van der Waals surface area contributed by atoms with Gasteiger partial charge in [-0.15, -0.1) is 0 Å². The minimum atomic E-state index is -0.468. The third-order valence-electron chi connectivity index (χ3n) is 19.2. The second-order valence-corrected chi connectivity index (χ2v) is 32.5. The van der Waals surface area contributed by atoms with E-state index < -0.39 is 41.5 Å². The minimum Gasteiger partial charge on any atom is -0.493 e. The molecule has 568 valence electrons. The van der Waals surface area contributed by atoms with Crippen LogP contribution in [0.5, 0.6) is 11.5 Å². The van der Waals surface area contributed by atoms with Crippen molar-refractivity contribution in [1.29, 1.82) is 0 Å². The molecule has 108 heavy (non-hydrogen) atoms. The Morgan fingerprint density at radius 1 is 0.389 bits per heavy atom. The van der Waals surface area contributed by atoms with E-state index in [4.69, 9.17) is 42.4 Å². The predicted octanol–water partition coefficient (Wildman–Crippen LogP) is 11.8. The molecule has 0 radical (unpaired) electrons. The van der Waals surface area contributed by atoms with Crippen LogP contribution >= 0.6 is 86.9 Å². The molecule has 0 aliphatic carbocycles. The second-order valence-electron chi connectivity index (χ2n) is 27.9. The van der Waals surface area contributed by atoms with Crippen LogP contribution in [0.2, 0.25) is 57.8 Å². The molecule has 0 amide bonds. The van der Waals surface area contributed by atoms with Gasteiger partial charge in [-0.2, -0.15) is 0 Å². The first-order valence-electron chi connectivity index (χ1n) is 37.3. The molecule has 0 saturated carbocycles. The van der Waals surface area contributed by atoms with Crippen molar-refractivity contribution in [3.8, 4) is 11.5 Å². The summed E-state index contributed by atoms with van der Waals surface area (Å²) in [7, 11) is 2.15. The van der Waals surface area contributed by atoms with Crippen LogP contribution in [0.1, 0.15) is 43.2 Å². The molecule has 9 aromatic carbocycles. The molecule has 4 fully saturated rings. The molecule has 0 spiro atoms. The number of rotatable bonds is 14. The van der Waals surface area contributed by atoms with E-state index in [1.807, 2.05) is 152 Å². The monoisotopic (exact) mass is 1750 g/mol. The molecular weight excluding hydrogens is 1660 g/mol. The number of piperidine rings is 1. The zero-order chi connectivity index (χ0) is 78.0. The number of halogens is 6. The van der Waals surface area contributed by atoms with Crippen molar-refractivity contribution in [1.82, 2.24) is 4.90 Å². The number of benzene rings is 9. The number of hydrogen-bond acceptors (Lipinski definition) is 15. The molecule has 4 saturated heterocycles. The SMILES string of the molecule is CB(O)c1cc(Br)cc(N2CCCCC2)c1.CB(O)c1cc(Br)cc(N2CCN(C)CC2)c1.CB(O)c1cc(Br)cc(N2CCOCC2)c1.CB(O)c1cc(Br)cc2c1OCC2.CB(O)c1cc(Cl)cc(N2CCCC2)c1.CB(O)c1ccc(COc2ccc(Cl)c3ccccc23)cc1.CB(O)c1ccccc1. The molecule has 5 aliphatic heterocycles. The van der Waals surface area contributed by atoms with Gasteiger partial charge in [-0.25, -0.2) is 0 Å². The predicted molar refractivity (Wildman–Crippen MR) is 478 cm³/mol. The number of nitrogens with zero attached hydrogens (tertiary/aromatic N) is 5. The number of ether oxygens (including phenoxy) is 3. The van der Waals surface area contributed by atoms with Crippen molar-refractivity contribution in [3.63, 3.8) is 0 Å². The zero-order valence-electron chi connectivity index (χ0n) is 63.3. The van der Waals surface area contributed by atoms with Crippen LogP contribution < -0.4 is 67.3 Å². The first-order valence-corrected chi connectivity index (χ1v) is 41.3. The lowest BCUT2D eigenvalue weighted by Crippen LogP contribution is -2.44. The Morgan fingerprint density at radius 2 is 0.806 bits per heavy atom. The first kappa shape index (κ1) is 88.2. The molecule has 0 aromatic heterocycles. The van der Waals surface area contributed by atoms with Gasteiger partial charge in [0.15, 0.2) is 0 Å². The van der Waals surface area contributed by atoms with E-state index in [2.05, 4.69) is 126 Å². The number of piperazine rings is 1. The van der Waals surface area contributed by atoms with Gasteiger partial charge in [0.2, 0.25) is 0 Å². The number of fused-ring (bicyclic) bond motifs is 2. The van der Waals surface area contributed by atoms with E-state index in [-0.39, 0.29) is 6.92 Å².